The van der Waals surface area contributed by atoms with E-state index < -0.39 is 0 Å². The molecule has 3 rings (SSSR count). The molecule has 22 heavy (non-hydrogen) atoms. The monoisotopic (exact) mass is 289 g/mol. The molecular formula is C18H15N3O. The summed E-state index contributed by atoms with van der Waals surface area (Å²) in [6, 6.07) is 17.5. The van der Waals surface area contributed by atoms with Crippen LogP contribution in [0.15, 0.2) is 73.6 Å². The summed E-state index contributed by atoms with van der Waals surface area (Å²) in [6.45, 7) is 3.96. The quantitative estimate of drug-likeness (QED) is 0.725. The fourth-order valence-corrected chi connectivity index (χ4v) is 2.15. The van der Waals surface area contributed by atoms with Gasteiger partial charge in [-0.3, -0.25) is 20.6 Å². The van der Waals surface area contributed by atoms with E-state index in [4.69, 9.17) is 0 Å². The summed E-state index contributed by atoms with van der Waals surface area (Å²) in [4.78, 5) is 15.9. The number of rotatable bonds is 4. The van der Waals surface area contributed by atoms with E-state index in [2.05, 4.69) is 28.5 Å². The van der Waals surface area contributed by atoms with Crippen LogP contribution in [0.4, 0.5) is 0 Å². The maximum Gasteiger partial charge on any atom is 0.271 e. The summed E-state index contributed by atoms with van der Waals surface area (Å²) in [5.74, 6) is -0.255. The Bertz CT molecular complexity index is 828. The molecule has 1 heterocycles. The third-order valence-electron chi connectivity index (χ3n) is 3.35. The number of amides is 1. The highest BCUT2D eigenvalue weighted by Crippen LogP contribution is 2.18. The van der Waals surface area contributed by atoms with Crippen molar-refractivity contribution in [3.05, 3.63) is 84.7 Å². The van der Waals surface area contributed by atoms with Crippen molar-refractivity contribution in [1.29, 1.82) is 0 Å². The minimum Gasteiger partial charge on any atom is -0.298 e. The molecule has 0 unspecified atom stereocenters. The lowest BCUT2D eigenvalue weighted by atomic mass is 10.1. The molecule has 2 N–H and O–H groups in total. The van der Waals surface area contributed by atoms with Crippen LogP contribution in [0.5, 0.6) is 0 Å². The van der Waals surface area contributed by atoms with Crippen molar-refractivity contribution < 1.29 is 4.79 Å². The molecule has 0 saturated heterocycles. The Hall–Kier alpha value is -3.14. The Kier molecular flexibility index (Phi) is 3.83. The first-order valence-electron chi connectivity index (χ1n) is 6.88. The summed E-state index contributed by atoms with van der Waals surface area (Å²) in [5, 5.41) is 2.29. The Labute approximate surface area is 128 Å². The van der Waals surface area contributed by atoms with Gasteiger partial charge in [0.15, 0.2) is 0 Å². The number of nitrogens with zero attached hydrogens (tertiary/aromatic N) is 1. The van der Waals surface area contributed by atoms with Crippen molar-refractivity contribution in [2.45, 2.75) is 0 Å². The van der Waals surface area contributed by atoms with E-state index in [1.54, 1.807) is 18.3 Å². The number of nitrogens with one attached hydrogen (secondary N) is 2. The average molecular weight is 289 g/mol. The predicted octanol–water partition coefficient (Wildman–Crippen LogP) is 3.14. The molecule has 4 heteroatoms. The van der Waals surface area contributed by atoms with Crippen LogP contribution in [0.25, 0.3) is 16.5 Å². The van der Waals surface area contributed by atoms with Crippen molar-refractivity contribution in [2.24, 2.45) is 0 Å². The molecule has 108 valence electrons. The smallest absolute Gasteiger partial charge is 0.271 e. The lowest BCUT2D eigenvalue weighted by Crippen LogP contribution is -2.35. The van der Waals surface area contributed by atoms with Gasteiger partial charge in [0.1, 0.15) is 0 Å². The van der Waals surface area contributed by atoms with Gasteiger partial charge < -0.3 is 0 Å². The van der Waals surface area contributed by atoms with Crippen LogP contribution in [0.3, 0.4) is 0 Å². The van der Waals surface area contributed by atoms with Gasteiger partial charge in [-0.25, -0.2) is 0 Å². The van der Waals surface area contributed by atoms with Crippen LogP contribution in [0.1, 0.15) is 15.9 Å². The van der Waals surface area contributed by atoms with Gasteiger partial charge in [-0.05, 0) is 34.5 Å². The minimum absolute atomic E-state index is 0.255. The first-order valence-corrected chi connectivity index (χ1v) is 6.88. The summed E-state index contributed by atoms with van der Waals surface area (Å²) in [7, 11) is 0. The maximum absolute atomic E-state index is 11.9. The first-order chi connectivity index (χ1) is 10.7. The number of carbonyl (C=O) groups is 1. The highest BCUT2D eigenvalue weighted by Gasteiger charge is 2.05. The number of aromatic nitrogens is 1. The first kappa shape index (κ1) is 13.8. The zero-order valence-electron chi connectivity index (χ0n) is 11.9. The van der Waals surface area contributed by atoms with Crippen molar-refractivity contribution in [2.75, 3.05) is 0 Å². The van der Waals surface area contributed by atoms with E-state index in [0.717, 1.165) is 10.9 Å². The van der Waals surface area contributed by atoms with E-state index in [-0.39, 0.29) is 5.91 Å². The molecule has 0 aliphatic carbocycles. The van der Waals surface area contributed by atoms with Gasteiger partial charge in [0.25, 0.3) is 5.91 Å². The lowest BCUT2D eigenvalue weighted by Gasteiger charge is -2.12. The molecule has 4 nitrogen and oxygen atoms in total. The molecular weight excluding hydrogens is 274 g/mol. The molecule has 0 spiro atoms. The molecule has 1 amide bonds. The highest BCUT2D eigenvalue weighted by atomic mass is 16.2. The van der Waals surface area contributed by atoms with E-state index in [1.807, 2.05) is 36.4 Å². The second-order valence-corrected chi connectivity index (χ2v) is 4.86. The summed E-state index contributed by atoms with van der Waals surface area (Å²) in [5.41, 5.74) is 7.49. The zero-order chi connectivity index (χ0) is 15.4. The Morgan fingerprint density at radius 2 is 1.73 bits per heavy atom. The normalized spacial score (nSPS) is 10.2. The van der Waals surface area contributed by atoms with Gasteiger partial charge in [-0.2, -0.15) is 0 Å². The number of fused-ring (bicyclic) bond motifs is 1. The van der Waals surface area contributed by atoms with Gasteiger partial charge in [0.05, 0.1) is 11.3 Å². The van der Waals surface area contributed by atoms with Gasteiger partial charge in [0, 0.05) is 12.4 Å². The van der Waals surface area contributed by atoms with E-state index in [1.165, 1.54) is 11.6 Å². The van der Waals surface area contributed by atoms with Gasteiger partial charge >= 0.3 is 0 Å². The number of benzene rings is 2. The molecule has 0 aliphatic heterocycles. The lowest BCUT2D eigenvalue weighted by molar-refractivity contribution is 0.0942. The number of hydrogen-bond donors (Lipinski definition) is 2. The van der Waals surface area contributed by atoms with Crippen LogP contribution < -0.4 is 10.9 Å². The highest BCUT2D eigenvalue weighted by molar-refractivity contribution is 5.94. The largest absolute Gasteiger partial charge is 0.298 e. The predicted molar refractivity (Wildman–Crippen MR) is 87.8 cm³/mol. The Morgan fingerprint density at radius 1 is 0.909 bits per heavy atom. The van der Waals surface area contributed by atoms with Crippen LogP contribution in [0.2, 0.25) is 0 Å². The third-order valence-corrected chi connectivity index (χ3v) is 3.35. The Morgan fingerprint density at radius 3 is 2.50 bits per heavy atom. The van der Waals surface area contributed by atoms with Crippen LogP contribution in [0, 0.1) is 0 Å². The number of carbonyl (C=O) groups excluding carboxylic acids is 1. The van der Waals surface area contributed by atoms with Crippen LogP contribution in [-0.4, -0.2) is 10.9 Å². The van der Waals surface area contributed by atoms with Crippen molar-refractivity contribution in [1.82, 2.24) is 15.8 Å². The molecule has 0 radical (unpaired) electrons. The van der Waals surface area contributed by atoms with Crippen molar-refractivity contribution >= 4 is 22.4 Å². The summed E-state index contributed by atoms with van der Waals surface area (Å²) in [6.07, 6.45) is 3.13. The van der Waals surface area contributed by atoms with Gasteiger partial charge in [-0.15, -0.1) is 0 Å². The molecule has 0 bridgehead atoms. The second-order valence-electron chi connectivity index (χ2n) is 4.86. The SMILES string of the molecule is C=C(NNC(=O)c1cccnc1)c1ccc2ccccc2c1. The molecule has 0 atom stereocenters. The molecule has 0 fully saturated rings. The average Bonchev–Trinajstić information content (AvgIpc) is 2.59. The third kappa shape index (κ3) is 2.96. The van der Waals surface area contributed by atoms with Crippen molar-refractivity contribution in [3.63, 3.8) is 0 Å². The number of hydrazine groups is 1. The van der Waals surface area contributed by atoms with Crippen LogP contribution >= 0.6 is 0 Å². The Balaban J connectivity index is 1.69. The second kappa shape index (κ2) is 6.10. The summed E-state index contributed by atoms with van der Waals surface area (Å²) < 4.78 is 0. The fourth-order valence-electron chi connectivity index (χ4n) is 2.15. The minimum atomic E-state index is -0.255. The van der Waals surface area contributed by atoms with Crippen LogP contribution in [-0.2, 0) is 0 Å². The zero-order valence-corrected chi connectivity index (χ0v) is 11.9. The molecule has 2 aromatic carbocycles. The maximum atomic E-state index is 11.9. The van der Waals surface area contributed by atoms with E-state index >= 15 is 0 Å². The summed E-state index contributed by atoms with van der Waals surface area (Å²) >= 11 is 0. The standard InChI is InChI=1S/C18H15N3O/c1-13(20-21-18(22)17-7-4-10-19-12-17)15-9-8-14-5-2-3-6-16(14)11-15/h2-12,20H,1H2,(H,21,22). The molecule has 0 saturated carbocycles. The molecule has 0 aliphatic rings. The van der Waals surface area contributed by atoms with E-state index in [9.17, 15) is 4.79 Å². The van der Waals surface area contributed by atoms with Gasteiger partial charge in [-0.1, -0.05) is 43.0 Å². The fraction of sp³-hybridized carbons (Fsp3) is 0. The topological polar surface area (TPSA) is 54.0 Å². The number of hydrogen-bond acceptors (Lipinski definition) is 3. The molecule has 1 aromatic heterocycles. The van der Waals surface area contributed by atoms with Crippen molar-refractivity contribution in [3.8, 4) is 0 Å². The van der Waals surface area contributed by atoms with E-state index in [0.29, 0.717) is 11.3 Å². The number of pyridine rings is 1. The molecule has 3 aromatic rings. The van der Waals surface area contributed by atoms with Gasteiger partial charge in [0.2, 0.25) is 0 Å².